The van der Waals surface area contributed by atoms with E-state index in [0.29, 0.717) is 5.76 Å². The molecule has 4 nitrogen and oxygen atoms in total. The Labute approximate surface area is 110 Å². The number of rotatable bonds is 4. The van der Waals surface area contributed by atoms with E-state index in [1.165, 1.54) is 4.90 Å². The van der Waals surface area contributed by atoms with E-state index in [4.69, 9.17) is 9.52 Å². The molecule has 6 heteroatoms. The summed E-state index contributed by atoms with van der Waals surface area (Å²) >= 11 is 0. The molecule has 0 radical (unpaired) electrons. The van der Waals surface area contributed by atoms with Gasteiger partial charge < -0.3 is 9.52 Å². The minimum atomic E-state index is -2.96. The van der Waals surface area contributed by atoms with Gasteiger partial charge in [0.1, 0.15) is 11.5 Å². The van der Waals surface area contributed by atoms with E-state index in [-0.39, 0.29) is 13.1 Å². The monoisotopic (exact) mass is 273 g/mol. The number of hydrogen-bond donors (Lipinski definition) is 1. The Bertz CT molecular complexity index is 458. The molecule has 0 amide bonds. The Balaban J connectivity index is 2.04. The third kappa shape index (κ3) is 3.53. The Morgan fingerprint density at radius 2 is 2.21 bits per heavy atom. The molecule has 0 spiro atoms. The molecule has 106 valence electrons. The second-order valence-electron chi connectivity index (χ2n) is 4.99. The number of carboxylic acid groups (broad SMARTS) is 1. The largest absolute Gasteiger partial charge is 0.481 e. The van der Waals surface area contributed by atoms with Crippen LogP contribution in [0, 0.1) is 5.92 Å². The summed E-state index contributed by atoms with van der Waals surface area (Å²) in [4.78, 5) is 12.4. The quantitative estimate of drug-likeness (QED) is 0.915. The highest BCUT2D eigenvalue weighted by Gasteiger charge is 2.43. The fourth-order valence-corrected chi connectivity index (χ4v) is 2.40. The lowest BCUT2D eigenvalue weighted by Gasteiger charge is -2.35. The molecule has 2 heterocycles. The maximum Gasteiger partial charge on any atom is 0.308 e. The van der Waals surface area contributed by atoms with Crippen LogP contribution in [0.2, 0.25) is 0 Å². The zero-order chi connectivity index (χ0) is 14.0. The van der Waals surface area contributed by atoms with Crippen molar-refractivity contribution in [3.63, 3.8) is 0 Å². The number of aliphatic carboxylic acids is 1. The van der Waals surface area contributed by atoms with Gasteiger partial charge in [0.05, 0.1) is 19.0 Å². The van der Waals surface area contributed by atoms with Crippen molar-refractivity contribution in [2.24, 2.45) is 5.92 Å². The summed E-state index contributed by atoms with van der Waals surface area (Å²) < 4.78 is 32.5. The van der Waals surface area contributed by atoms with Crippen molar-refractivity contribution >= 4 is 5.97 Å². The van der Waals surface area contributed by atoms with Crippen LogP contribution in [0.15, 0.2) is 16.5 Å². The predicted octanol–water partition coefficient (Wildman–Crippen LogP) is 2.38. The van der Waals surface area contributed by atoms with Gasteiger partial charge >= 0.3 is 5.97 Å². The first-order chi connectivity index (χ1) is 8.89. The maximum absolute atomic E-state index is 13.5. The Kier molecular flexibility index (Phi) is 3.89. The molecule has 0 aliphatic carbocycles. The van der Waals surface area contributed by atoms with E-state index in [9.17, 15) is 13.6 Å². The van der Waals surface area contributed by atoms with Gasteiger partial charge in [-0.3, -0.25) is 9.69 Å². The van der Waals surface area contributed by atoms with Crippen LogP contribution in [0.5, 0.6) is 0 Å². The number of likely N-dealkylation sites (tertiary alicyclic amines) is 1. The van der Waals surface area contributed by atoms with Crippen molar-refractivity contribution in [3.05, 3.63) is 23.7 Å². The van der Waals surface area contributed by atoms with Gasteiger partial charge in [-0.05, 0) is 12.1 Å². The number of aryl methyl sites for hydroxylation is 1. The van der Waals surface area contributed by atoms with Crippen LogP contribution in [0.4, 0.5) is 8.78 Å². The molecule has 1 atom stereocenters. The highest BCUT2D eigenvalue weighted by molar-refractivity contribution is 5.70. The summed E-state index contributed by atoms with van der Waals surface area (Å²) in [7, 11) is 0. The minimum absolute atomic E-state index is 0.132. The Morgan fingerprint density at radius 1 is 1.53 bits per heavy atom. The number of alkyl halides is 2. The summed E-state index contributed by atoms with van der Waals surface area (Å²) in [5, 5.41) is 8.91. The zero-order valence-electron chi connectivity index (χ0n) is 10.7. The first-order valence-corrected chi connectivity index (χ1v) is 6.30. The number of piperidine rings is 1. The van der Waals surface area contributed by atoms with E-state index >= 15 is 0 Å². The minimum Gasteiger partial charge on any atom is -0.481 e. The molecule has 1 unspecified atom stereocenters. The third-order valence-electron chi connectivity index (χ3n) is 3.27. The number of carboxylic acids is 1. The van der Waals surface area contributed by atoms with Crippen molar-refractivity contribution in [2.75, 3.05) is 13.1 Å². The highest BCUT2D eigenvalue weighted by Crippen LogP contribution is 2.31. The lowest BCUT2D eigenvalue weighted by Crippen LogP contribution is -2.48. The van der Waals surface area contributed by atoms with E-state index in [1.807, 2.05) is 13.0 Å². The van der Waals surface area contributed by atoms with E-state index in [0.717, 1.165) is 12.2 Å². The molecule has 0 aromatic carbocycles. The molecule has 1 N–H and O–H groups in total. The number of hydrogen-bond acceptors (Lipinski definition) is 3. The van der Waals surface area contributed by atoms with Crippen LogP contribution in [0.3, 0.4) is 0 Å². The summed E-state index contributed by atoms with van der Waals surface area (Å²) in [6.45, 7) is 1.88. The lowest BCUT2D eigenvalue weighted by molar-refractivity contribution is -0.153. The van der Waals surface area contributed by atoms with Crippen molar-refractivity contribution in [2.45, 2.75) is 32.2 Å². The number of halogens is 2. The molecular formula is C13H17F2NO3. The van der Waals surface area contributed by atoms with Gasteiger partial charge in [0, 0.05) is 19.4 Å². The van der Waals surface area contributed by atoms with Gasteiger partial charge in [-0.25, -0.2) is 8.78 Å². The van der Waals surface area contributed by atoms with Gasteiger partial charge in [0.15, 0.2) is 0 Å². The molecule has 2 rings (SSSR count). The molecule has 1 aliphatic rings. The van der Waals surface area contributed by atoms with Crippen molar-refractivity contribution in [1.29, 1.82) is 0 Å². The normalized spacial score (nSPS) is 23.4. The predicted molar refractivity (Wildman–Crippen MR) is 64.1 cm³/mol. The van der Waals surface area contributed by atoms with Gasteiger partial charge in [0.2, 0.25) is 0 Å². The summed E-state index contributed by atoms with van der Waals surface area (Å²) in [5.74, 6) is -3.75. The van der Waals surface area contributed by atoms with Gasteiger partial charge in [-0.15, -0.1) is 0 Å². The summed E-state index contributed by atoms with van der Waals surface area (Å²) in [5.41, 5.74) is 0. The highest BCUT2D eigenvalue weighted by atomic mass is 19.3. The topological polar surface area (TPSA) is 53.7 Å². The van der Waals surface area contributed by atoms with E-state index < -0.39 is 30.8 Å². The fraction of sp³-hybridized carbons (Fsp3) is 0.615. The Hall–Kier alpha value is -1.43. The van der Waals surface area contributed by atoms with Crippen molar-refractivity contribution in [3.8, 4) is 0 Å². The maximum atomic E-state index is 13.5. The second-order valence-corrected chi connectivity index (χ2v) is 4.99. The first kappa shape index (κ1) is 14.0. The summed E-state index contributed by atoms with van der Waals surface area (Å²) in [6, 6.07) is 3.56. The first-order valence-electron chi connectivity index (χ1n) is 6.30. The molecule has 1 saturated heterocycles. The zero-order valence-corrected chi connectivity index (χ0v) is 10.7. The van der Waals surface area contributed by atoms with Gasteiger partial charge in [-0.1, -0.05) is 6.92 Å². The molecule has 19 heavy (non-hydrogen) atoms. The summed E-state index contributed by atoms with van der Waals surface area (Å²) in [6.07, 6.45) is 0.158. The molecule has 0 bridgehead atoms. The molecule has 1 fully saturated rings. The Morgan fingerprint density at radius 3 is 2.79 bits per heavy atom. The van der Waals surface area contributed by atoms with Crippen molar-refractivity contribution < 1.29 is 23.1 Å². The average Bonchev–Trinajstić information content (AvgIpc) is 2.74. The lowest BCUT2D eigenvalue weighted by atomic mass is 9.95. The number of nitrogens with zero attached hydrogens (tertiary/aromatic N) is 1. The fourth-order valence-electron chi connectivity index (χ4n) is 2.40. The average molecular weight is 273 g/mol. The van der Waals surface area contributed by atoms with Crippen LogP contribution in [-0.2, 0) is 17.8 Å². The molecule has 1 aliphatic heterocycles. The molecular weight excluding hydrogens is 256 g/mol. The number of furan rings is 1. The SMILES string of the molecule is CCc1ccc(CN2CC(C(=O)O)CC(F)(F)C2)o1. The van der Waals surface area contributed by atoms with Gasteiger partial charge in [0.25, 0.3) is 5.92 Å². The smallest absolute Gasteiger partial charge is 0.308 e. The van der Waals surface area contributed by atoms with Gasteiger partial charge in [-0.2, -0.15) is 0 Å². The van der Waals surface area contributed by atoms with Crippen LogP contribution < -0.4 is 0 Å². The van der Waals surface area contributed by atoms with Crippen molar-refractivity contribution in [1.82, 2.24) is 4.90 Å². The molecule has 0 saturated carbocycles. The molecule has 1 aromatic rings. The van der Waals surface area contributed by atoms with Crippen LogP contribution in [0.25, 0.3) is 0 Å². The second kappa shape index (κ2) is 5.28. The standard InChI is InChI=1S/C13H17F2NO3/c1-2-10-3-4-11(19-10)7-16-6-9(12(17)18)5-13(14,15)8-16/h3-4,9H,2,5-8H2,1H3,(H,17,18). The van der Waals surface area contributed by atoms with E-state index in [2.05, 4.69) is 0 Å². The van der Waals surface area contributed by atoms with E-state index in [1.54, 1.807) is 6.07 Å². The number of carbonyl (C=O) groups is 1. The molecule has 1 aromatic heterocycles. The van der Waals surface area contributed by atoms with Crippen LogP contribution in [-0.4, -0.2) is 35.0 Å². The van der Waals surface area contributed by atoms with Crippen LogP contribution >= 0.6 is 0 Å². The van der Waals surface area contributed by atoms with Crippen LogP contribution in [0.1, 0.15) is 24.9 Å². The third-order valence-corrected chi connectivity index (χ3v) is 3.27.